The molecule has 9 heteroatoms. The summed E-state index contributed by atoms with van der Waals surface area (Å²) in [5.41, 5.74) is 6.27. The van der Waals surface area contributed by atoms with Gasteiger partial charge in [-0.05, 0) is 74.7 Å². The number of nitrogens with zero attached hydrogens (tertiary/aromatic N) is 3. The van der Waals surface area contributed by atoms with Crippen LogP contribution >= 0.6 is 11.8 Å². The molecule has 0 saturated carbocycles. The van der Waals surface area contributed by atoms with Crippen molar-refractivity contribution in [2.75, 3.05) is 6.61 Å². The molecular weight excluding hydrogens is 601 g/mol. The van der Waals surface area contributed by atoms with Crippen LogP contribution in [0.15, 0.2) is 84.0 Å². The van der Waals surface area contributed by atoms with Crippen LogP contribution in [0.1, 0.15) is 64.1 Å². The van der Waals surface area contributed by atoms with Gasteiger partial charge in [0.15, 0.2) is 0 Å². The Kier molecular flexibility index (Phi) is 11.6. The third-order valence-corrected chi connectivity index (χ3v) is 8.98. The molecule has 0 atom stereocenters. The number of carboxylic acid groups (broad SMARTS) is 1. The number of hydrogen-bond acceptors (Lipinski definition) is 6. The van der Waals surface area contributed by atoms with E-state index in [2.05, 4.69) is 71.7 Å². The van der Waals surface area contributed by atoms with Gasteiger partial charge in [0, 0.05) is 63.2 Å². The van der Waals surface area contributed by atoms with Gasteiger partial charge in [-0.3, -0.25) is 9.78 Å². The fourth-order valence-corrected chi connectivity index (χ4v) is 6.41. The first-order chi connectivity index (χ1) is 21.8. The van der Waals surface area contributed by atoms with E-state index in [0.29, 0.717) is 32.1 Å². The fraction of sp³-hybridized carbons (Fsp3) is 0.342. The Morgan fingerprint density at radius 2 is 1.62 bits per heavy atom. The van der Waals surface area contributed by atoms with E-state index in [-0.39, 0.29) is 23.6 Å². The van der Waals surface area contributed by atoms with Crippen LogP contribution in [-0.2, 0) is 24.4 Å². The van der Waals surface area contributed by atoms with E-state index in [4.69, 9.17) is 9.47 Å². The maximum absolute atomic E-state index is 12.4. The number of aryl methyl sites for hydroxylation is 1. The van der Waals surface area contributed by atoms with Crippen molar-refractivity contribution in [3.63, 3.8) is 0 Å². The number of pyridine rings is 2. The van der Waals surface area contributed by atoms with Crippen LogP contribution in [0.5, 0.6) is 11.6 Å². The Labute approximate surface area is 294 Å². The second kappa shape index (κ2) is 15.0. The topological polar surface area (TPSA) is 86.5 Å². The Morgan fingerprint density at radius 1 is 0.894 bits per heavy atom. The first kappa shape index (κ1) is 36.1. The summed E-state index contributed by atoms with van der Waals surface area (Å²) < 4.78 is 13.9. The average Bonchev–Trinajstić information content (AvgIpc) is 3.27. The van der Waals surface area contributed by atoms with Crippen molar-refractivity contribution < 1.29 is 19.4 Å². The predicted molar refractivity (Wildman–Crippen MR) is 193 cm³/mol. The summed E-state index contributed by atoms with van der Waals surface area (Å²) in [5.74, 6) is 0.544. The van der Waals surface area contributed by atoms with Crippen molar-refractivity contribution in [1.82, 2.24) is 14.5 Å². The van der Waals surface area contributed by atoms with E-state index < -0.39 is 11.4 Å². The molecule has 47 heavy (non-hydrogen) atoms. The van der Waals surface area contributed by atoms with Crippen molar-refractivity contribution in [2.45, 2.75) is 77.7 Å². The Hall–Kier alpha value is -3.70. The van der Waals surface area contributed by atoms with Crippen molar-refractivity contribution >= 4 is 47.5 Å². The summed E-state index contributed by atoms with van der Waals surface area (Å²) in [7, 11) is 0. The minimum atomic E-state index is -0.958. The second-order valence-electron chi connectivity index (χ2n) is 13.3. The third-order valence-electron chi connectivity index (χ3n) is 7.70. The van der Waals surface area contributed by atoms with Crippen LogP contribution in [0.25, 0.3) is 22.0 Å². The van der Waals surface area contributed by atoms with Crippen LogP contribution in [0, 0.1) is 12.3 Å². The summed E-state index contributed by atoms with van der Waals surface area (Å²) in [4.78, 5) is 22.4. The molecule has 3 heterocycles. The number of rotatable bonds is 12. The number of aliphatic carboxylic acids is 1. The van der Waals surface area contributed by atoms with Crippen molar-refractivity contribution in [1.29, 1.82) is 0 Å². The molecule has 1 N–H and O–H groups in total. The monoisotopic (exact) mass is 645 g/mol. The summed E-state index contributed by atoms with van der Waals surface area (Å²) in [6.07, 6.45) is 4.06. The molecule has 0 aliphatic heterocycles. The van der Waals surface area contributed by atoms with Gasteiger partial charge >= 0.3 is 24.8 Å². The van der Waals surface area contributed by atoms with Gasteiger partial charge < -0.3 is 19.1 Å². The van der Waals surface area contributed by atoms with Crippen LogP contribution in [0.2, 0.25) is 0 Å². The zero-order valence-corrected chi connectivity index (χ0v) is 28.6. The Balaban J connectivity index is 0.00000500. The average molecular weight is 646 g/mol. The summed E-state index contributed by atoms with van der Waals surface area (Å²) in [5, 5.41) is 11.2. The summed E-state index contributed by atoms with van der Waals surface area (Å²) in [6, 6.07) is 22.6. The molecule has 0 aliphatic carbocycles. The number of carbonyl (C=O) groups is 1. The Bertz CT molecular complexity index is 1810. The molecule has 7 nitrogen and oxygen atoms in total. The first-order valence-electron chi connectivity index (χ1n) is 15.6. The van der Waals surface area contributed by atoms with E-state index in [1.165, 1.54) is 0 Å². The van der Waals surface area contributed by atoms with E-state index in [9.17, 15) is 9.90 Å². The van der Waals surface area contributed by atoms with E-state index in [0.717, 1.165) is 55.2 Å². The van der Waals surface area contributed by atoms with E-state index in [1.54, 1.807) is 25.6 Å². The van der Waals surface area contributed by atoms with Crippen molar-refractivity contribution in [3.8, 4) is 22.8 Å². The quantitative estimate of drug-likeness (QED) is 0.108. The first-order valence-corrected chi connectivity index (χ1v) is 16.4. The molecular formula is C38H44LiN3O4S. The zero-order chi connectivity index (χ0) is 33.1. The Morgan fingerprint density at radius 3 is 2.21 bits per heavy atom. The van der Waals surface area contributed by atoms with Crippen LogP contribution < -0.4 is 9.47 Å². The van der Waals surface area contributed by atoms with Gasteiger partial charge in [0.1, 0.15) is 12.4 Å². The van der Waals surface area contributed by atoms with Gasteiger partial charge in [-0.15, -0.1) is 11.8 Å². The number of carboxylic acids is 1. The zero-order valence-electron chi connectivity index (χ0n) is 27.8. The molecule has 0 amide bonds. The fourth-order valence-electron chi connectivity index (χ4n) is 5.23. The number of fused-ring (bicyclic) bond motifs is 1. The number of thioether (sulfide) groups is 1. The maximum atomic E-state index is 12.4. The van der Waals surface area contributed by atoms with Crippen LogP contribution in [0.3, 0.4) is 0 Å². The molecule has 0 aliphatic rings. The molecule has 2 aromatic carbocycles. The third kappa shape index (κ3) is 9.01. The minimum absolute atomic E-state index is 0. The van der Waals surface area contributed by atoms with Crippen LogP contribution in [-0.4, -0.2) is 55.8 Å². The number of aromatic nitrogens is 3. The molecule has 242 valence electrons. The van der Waals surface area contributed by atoms with Crippen molar-refractivity contribution in [3.05, 3.63) is 102 Å². The molecule has 0 spiro atoms. The molecule has 3 aromatic heterocycles. The number of benzene rings is 2. The summed E-state index contributed by atoms with van der Waals surface area (Å²) >= 11 is 1.77. The van der Waals surface area contributed by atoms with E-state index >= 15 is 0 Å². The standard InChI is InChI=1S/C38H43N3O4S.Li.H/c1-8-44-34-18-14-28(22-40-34)27-12-10-26(11-13-27)23-41-32-17-16-30(45-24-29-15-9-25(2)21-39-29)19-31(32)35(46-37(3,4)5)33(41)20-38(6,7)36(42)43;;/h9-19,21-22H,8,20,23-24H2,1-7H3,(H,42,43);;. The predicted octanol–water partition coefficient (Wildman–Crippen LogP) is 8.33. The van der Waals surface area contributed by atoms with Crippen molar-refractivity contribution in [2.24, 2.45) is 5.41 Å². The SMILES string of the molecule is CCOc1ccc(-c2ccc(Cn3c(CC(C)(C)C(=O)O)c(SC(C)(C)C)c4cc(OCc5ccc(C)cn5)ccc43)cc2)cn1.[LiH]. The molecule has 5 aromatic rings. The summed E-state index contributed by atoms with van der Waals surface area (Å²) in [6.45, 7) is 15.7. The van der Waals surface area contributed by atoms with Gasteiger partial charge in [-0.2, -0.15) is 0 Å². The number of hydrogen-bond donors (Lipinski definition) is 1. The van der Waals surface area contributed by atoms with Gasteiger partial charge in [-0.25, -0.2) is 4.98 Å². The second-order valence-corrected chi connectivity index (χ2v) is 15.1. The number of ether oxygens (including phenoxy) is 2. The van der Waals surface area contributed by atoms with Gasteiger partial charge in [0.25, 0.3) is 0 Å². The van der Waals surface area contributed by atoms with Crippen LogP contribution in [0.4, 0.5) is 0 Å². The molecule has 0 unspecified atom stereocenters. The molecule has 0 fully saturated rings. The van der Waals surface area contributed by atoms with Gasteiger partial charge in [-0.1, -0.05) is 51.1 Å². The molecule has 0 radical (unpaired) electrons. The van der Waals surface area contributed by atoms with Gasteiger partial charge in [0.2, 0.25) is 5.88 Å². The molecule has 0 bridgehead atoms. The normalized spacial score (nSPS) is 11.7. The molecule has 5 rings (SSSR count). The van der Waals surface area contributed by atoms with E-state index in [1.807, 2.05) is 56.6 Å². The molecule has 0 saturated heterocycles. The van der Waals surface area contributed by atoms with Gasteiger partial charge in [0.05, 0.1) is 17.7 Å².